The van der Waals surface area contributed by atoms with E-state index in [4.69, 9.17) is 32.7 Å². The number of piperidine rings is 3. The normalized spacial score (nSPS) is 23.2. The molecule has 3 aliphatic heterocycles. The lowest BCUT2D eigenvalue weighted by Crippen LogP contribution is -2.55. The molecule has 4 nitrogen and oxygen atoms in total. The van der Waals surface area contributed by atoms with Gasteiger partial charge in [0.15, 0.2) is 11.5 Å². The Morgan fingerprint density at radius 2 is 1.86 bits per heavy atom. The van der Waals surface area contributed by atoms with E-state index in [0.29, 0.717) is 29.3 Å². The number of ether oxygens (including phenoxy) is 2. The second kappa shape index (κ2) is 9.57. The third kappa shape index (κ3) is 5.18. The van der Waals surface area contributed by atoms with Crippen molar-refractivity contribution in [1.29, 1.82) is 0 Å². The first-order valence-electron chi connectivity index (χ1n) is 10.4. The van der Waals surface area contributed by atoms with Crippen molar-refractivity contribution >= 4 is 23.2 Å². The molecular weight excluding hydrogens is 407 g/mol. The van der Waals surface area contributed by atoms with Crippen LogP contribution >= 0.6 is 23.2 Å². The summed E-state index contributed by atoms with van der Waals surface area (Å²) in [5.41, 5.74) is 2.10. The smallest absolute Gasteiger partial charge is 0.161 e. The van der Waals surface area contributed by atoms with Crippen LogP contribution < -0.4 is 14.8 Å². The minimum absolute atomic E-state index is 0.368. The molecule has 0 aliphatic carbocycles. The fourth-order valence-electron chi connectivity index (χ4n) is 4.29. The van der Waals surface area contributed by atoms with Crippen LogP contribution in [0.3, 0.4) is 0 Å². The average molecular weight is 435 g/mol. The van der Waals surface area contributed by atoms with E-state index in [-0.39, 0.29) is 0 Å². The van der Waals surface area contributed by atoms with Crippen molar-refractivity contribution < 1.29 is 9.47 Å². The zero-order valence-electron chi connectivity index (χ0n) is 16.8. The molecule has 6 heteroatoms. The second-order valence-corrected chi connectivity index (χ2v) is 8.71. The van der Waals surface area contributed by atoms with Gasteiger partial charge in [-0.15, -0.1) is 0 Å². The van der Waals surface area contributed by atoms with E-state index in [9.17, 15) is 0 Å². The van der Waals surface area contributed by atoms with Crippen molar-refractivity contribution in [3.05, 3.63) is 57.6 Å². The molecule has 2 bridgehead atoms. The largest absolute Gasteiger partial charge is 0.490 e. The lowest BCUT2D eigenvalue weighted by molar-refractivity contribution is 0.0720. The highest BCUT2D eigenvalue weighted by molar-refractivity contribution is 6.35. The standard InChI is InChI=1S/C23H28Cl2N2O2/c1-2-28-23-11-16(13-26-21-14-27-9-7-17(21)8-10-27)3-6-22(23)29-15-18-4-5-19(24)12-20(18)25/h3-6,11-12,17,21,26H,2,7-10,13-15H2,1H3. The molecule has 156 valence electrons. The molecule has 3 saturated heterocycles. The van der Waals surface area contributed by atoms with Crippen molar-refractivity contribution in [2.45, 2.75) is 39.0 Å². The Labute approximate surface area is 183 Å². The number of rotatable bonds is 8. The maximum absolute atomic E-state index is 6.26. The van der Waals surface area contributed by atoms with Gasteiger partial charge in [-0.05, 0) is 68.6 Å². The first-order chi connectivity index (χ1) is 14.1. The van der Waals surface area contributed by atoms with Gasteiger partial charge >= 0.3 is 0 Å². The van der Waals surface area contributed by atoms with Gasteiger partial charge in [0.05, 0.1) is 6.61 Å². The first kappa shape index (κ1) is 20.8. The lowest BCUT2D eigenvalue weighted by atomic mass is 9.84. The summed E-state index contributed by atoms with van der Waals surface area (Å²) < 4.78 is 11.8. The molecule has 1 N–H and O–H groups in total. The summed E-state index contributed by atoms with van der Waals surface area (Å²) in [6.07, 6.45) is 2.64. The van der Waals surface area contributed by atoms with Gasteiger partial charge in [0.2, 0.25) is 0 Å². The Morgan fingerprint density at radius 3 is 2.55 bits per heavy atom. The topological polar surface area (TPSA) is 33.7 Å². The van der Waals surface area contributed by atoms with Crippen molar-refractivity contribution in [2.75, 3.05) is 26.2 Å². The second-order valence-electron chi connectivity index (χ2n) is 7.86. The monoisotopic (exact) mass is 434 g/mol. The van der Waals surface area contributed by atoms with Crippen LogP contribution in [0.1, 0.15) is 30.9 Å². The maximum Gasteiger partial charge on any atom is 0.161 e. The zero-order valence-corrected chi connectivity index (χ0v) is 18.3. The van der Waals surface area contributed by atoms with Crippen LogP contribution in [-0.2, 0) is 13.2 Å². The molecule has 0 aromatic heterocycles. The molecule has 3 heterocycles. The minimum atomic E-state index is 0.368. The van der Waals surface area contributed by atoms with E-state index in [1.807, 2.05) is 25.1 Å². The predicted molar refractivity (Wildman–Crippen MR) is 118 cm³/mol. The molecule has 2 aromatic carbocycles. The minimum Gasteiger partial charge on any atom is -0.490 e. The van der Waals surface area contributed by atoms with Crippen molar-refractivity contribution in [2.24, 2.45) is 5.92 Å². The molecule has 1 unspecified atom stereocenters. The zero-order chi connectivity index (χ0) is 20.2. The predicted octanol–water partition coefficient (Wildman–Crippen LogP) is 5.15. The van der Waals surface area contributed by atoms with E-state index in [1.165, 1.54) is 38.0 Å². The molecule has 29 heavy (non-hydrogen) atoms. The SMILES string of the molecule is CCOc1cc(CNC2CN3CCC2CC3)ccc1OCc1ccc(Cl)cc1Cl. The van der Waals surface area contributed by atoms with Gasteiger partial charge < -0.3 is 19.7 Å². The van der Waals surface area contributed by atoms with Crippen LogP contribution in [0, 0.1) is 5.92 Å². The molecule has 0 amide bonds. The van der Waals surface area contributed by atoms with Gasteiger partial charge in [-0.1, -0.05) is 35.3 Å². The van der Waals surface area contributed by atoms with Gasteiger partial charge in [-0.2, -0.15) is 0 Å². The van der Waals surface area contributed by atoms with Crippen LogP contribution in [0.2, 0.25) is 10.0 Å². The summed E-state index contributed by atoms with van der Waals surface area (Å²) in [6.45, 7) is 7.49. The van der Waals surface area contributed by atoms with E-state index in [2.05, 4.69) is 22.3 Å². The Kier molecular flexibility index (Phi) is 6.86. The number of benzene rings is 2. The highest BCUT2D eigenvalue weighted by Gasteiger charge is 2.33. The lowest BCUT2D eigenvalue weighted by Gasteiger charge is -2.45. The highest BCUT2D eigenvalue weighted by atomic mass is 35.5. The molecule has 1 atom stereocenters. The Morgan fingerprint density at radius 1 is 1.03 bits per heavy atom. The molecule has 0 radical (unpaired) electrons. The summed E-state index contributed by atoms with van der Waals surface area (Å²) in [5.74, 6) is 2.31. The van der Waals surface area contributed by atoms with Gasteiger partial charge in [0.25, 0.3) is 0 Å². The average Bonchev–Trinajstić information content (AvgIpc) is 2.74. The van der Waals surface area contributed by atoms with E-state index >= 15 is 0 Å². The molecule has 0 spiro atoms. The van der Waals surface area contributed by atoms with Crippen LogP contribution in [0.15, 0.2) is 36.4 Å². The molecule has 0 saturated carbocycles. The van der Waals surface area contributed by atoms with Crippen LogP contribution in [0.5, 0.6) is 11.5 Å². The summed E-state index contributed by atoms with van der Waals surface area (Å²) in [6, 6.07) is 12.2. The third-order valence-corrected chi connectivity index (χ3v) is 6.52. The summed E-state index contributed by atoms with van der Waals surface area (Å²) in [4.78, 5) is 2.57. The Balaban J connectivity index is 1.39. The van der Waals surface area contributed by atoms with Gasteiger partial charge in [0, 0.05) is 34.7 Å². The van der Waals surface area contributed by atoms with Crippen LogP contribution in [-0.4, -0.2) is 37.2 Å². The molecule has 3 aliphatic rings. The highest BCUT2D eigenvalue weighted by Crippen LogP contribution is 2.31. The molecular formula is C23H28Cl2N2O2. The van der Waals surface area contributed by atoms with Crippen molar-refractivity contribution in [1.82, 2.24) is 10.2 Å². The Hall–Kier alpha value is -1.46. The number of halogens is 2. The quantitative estimate of drug-likeness (QED) is 0.622. The fraction of sp³-hybridized carbons (Fsp3) is 0.478. The summed E-state index contributed by atoms with van der Waals surface area (Å²) in [5, 5.41) is 4.99. The summed E-state index contributed by atoms with van der Waals surface area (Å²) in [7, 11) is 0. The molecule has 3 fully saturated rings. The van der Waals surface area contributed by atoms with Crippen molar-refractivity contribution in [3.8, 4) is 11.5 Å². The van der Waals surface area contributed by atoms with E-state index < -0.39 is 0 Å². The number of nitrogens with one attached hydrogen (secondary N) is 1. The van der Waals surface area contributed by atoms with Gasteiger partial charge in [-0.3, -0.25) is 0 Å². The number of nitrogens with zero attached hydrogens (tertiary/aromatic N) is 1. The van der Waals surface area contributed by atoms with E-state index in [0.717, 1.165) is 29.5 Å². The first-order valence-corrected chi connectivity index (χ1v) is 11.2. The number of fused-ring (bicyclic) bond motifs is 3. The summed E-state index contributed by atoms with van der Waals surface area (Å²) >= 11 is 12.2. The van der Waals surface area contributed by atoms with Crippen LogP contribution in [0.4, 0.5) is 0 Å². The fourth-order valence-corrected chi connectivity index (χ4v) is 4.75. The van der Waals surface area contributed by atoms with E-state index in [1.54, 1.807) is 6.07 Å². The molecule has 2 aromatic rings. The van der Waals surface area contributed by atoms with Crippen LogP contribution in [0.25, 0.3) is 0 Å². The third-order valence-electron chi connectivity index (χ3n) is 5.93. The van der Waals surface area contributed by atoms with Gasteiger partial charge in [0.1, 0.15) is 6.61 Å². The number of hydrogen-bond donors (Lipinski definition) is 1. The van der Waals surface area contributed by atoms with Crippen molar-refractivity contribution in [3.63, 3.8) is 0 Å². The Bertz CT molecular complexity index is 838. The maximum atomic E-state index is 6.26. The van der Waals surface area contributed by atoms with Gasteiger partial charge in [-0.25, -0.2) is 0 Å². The molecule has 5 rings (SSSR count). The number of hydrogen-bond acceptors (Lipinski definition) is 4.